The lowest BCUT2D eigenvalue weighted by atomic mass is 9.89. The molecule has 0 aliphatic rings. The van der Waals surface area contributed by atoms with Crippen molar-refractivity contribution in [2.45, 2.75) is 47.0 Å². The average molecular weight is 407 g/mol. The second-order valence-electron chi connectivity index (χ2n) is 6.87. The third kappa shape index (κ3) is 15.8. The van der Waals surface area contributed by atoms with Crippen LogP contribution in [0.1, 0.15) is 47.0 Å². The summed E-state index contributed by atoms with van der Waals surface area (Å²) in [6.45, 7) is 11.6. The minimum Gasteiger partial charge on any atom is -0.463 e. The molecule has 0 spiro atoms. The minimum absolute atomic E-state index is 0.0584. The highest BCUT2D eigenvalue weighted by Crippen LogP contribution is 2.22. The van der Waals surface area contributed by atoms with Crippen LogP contribution in [0, 0.1) is 5.41 Å². The lowest BCUT2D eigenvalue weighted by Crippen LogP contribution is -2.31. The van der Waals surface area contributed by atoms with Gasteiger partial charge in [0, 0.05) is 13.2 Å². The molecule has 0 aromatic heterocycles. The van der Waals surface area contributed by atoms with Crippen molar-refractivity contribution < 1.29 is 38.0 Å². The highest BCUT2D eigenvalue weighted by Gasteiger charge is 2.32. The zero-order valence-corrected chi connectivity index (χ0v) is 18.0. The van der Waals surface area contributed by atoms with Crippen LogP contribution in [0.5, 0.6) is 0 Å². The van der Waals surface area contributed by atoms with E-state index in [1.807, 2.05) is 13.8 Å². The van der Waals surface area contributed by atoms with E-state index in [-0.39, 0.29) is 19.6 Å². The van der Waals surface area contributed by atoms with E-state index >= 15 is 0 Å². The van der Waals surface area contributed by atoms with Gasteiger partial charge in [0.1, 0.15) is 13.2 Å². The van der Waals surface area contributed by atoms with E-state index in [1.165, 1.54) is 0 Å². The largest absolute Gasteiger partial charge is 0.463 e. The number of rotatable bonds is 19. The Kier molecular flexibility index (Phi) is 17.1. The molecule has 0 aliphatic carbocycles. The summed E-state index contributed by atoms with van der Waals surface area (Å²) in [5.41, 5.74) is -0.962. The summed E-state index contributed by atoms with van der Waals surface area (Å²) in [4.78, 5) is 24.0. The molecule has 0 saturated carbocycles. The van der Waals surface area contributed by atoms with Crippen LogP contribution in [0.4, 0.5) is 0 Å². The van der Waals surface area contributed by atoms with E-state index in [9.17, 15) is 9.59 Å². The summed E-state index contributed by atoms with van der Waals surface area (Å²) < 4.78 is 31.4. The van der Waals surface area contributed by atoms with Crippen LogP contribution in [0.3, 0.4) is 0 Å². The maximum Gasteiger partial charge on any atom is 0.312 e. The Labute approximate surface area is 169 Å². The molecule has 166 valence electrons. The third-order valence-electron chi connectivity index (χ3n) is 3.53. The number of ether oxygens (including phenoxy) is 6. The Morgan fingerprint density at radius 3 is 1.46 bits per heavy atom. The smallest absolute Gasteiger partial charge is 0.312 e. The molecule has 8 heteroatoms. The van der Waals surface area contributed by atoms with Gasteiger partial charge in [-0.2, -0.15) is 0 Å². The SMILES string of the molecule is CCCOCCOCCOC(=O)CC(C)(C)C(=O)OCCOCCOCCC. The molecule has 8 nitrogen and oxygen atoms in total. The van der Waals surface area contributed by atoms with Gasteiger partial charge in [0.25, 0.3) is 0 Å². The lowest BCUT2D eigenvalue weighted by molar-refractivity contribution is -0.162. The summed E-state index contributed by atoms with van der Waals surface area (Å²) in [5.74, 6) is -0.920. The van der Waals surface area contributed by atoms with Gasteiger partial charge in [-0.15, -0.1) is 0 Å². The fraction of sp³-hybridized carbons (Fsp3) is 0.900. The first-order chi connectivity index (χ1) is 13.4. The number of esters is 2. The van der Waals surface area contributed by atoms with Crippen LogP contribution < -0.4 is 0 Å². The molecule has 0 aromatic rings. The molecule has 0 bridgehead atoms. The molecule has 0 rings (SSSR count). The average Bonchev–Trinajstić information content (AvgIpc) is 2.65. The molecule has 0 aromatic carbocycles. The predicted molar refractivity (Wildman–Crippen MR) is 104 cm³/mol. The summed E-state index contributed by atoms with van der Waals surface area (Å²) in [6.07, 6.45) is 1.88. The van der Waals surface area contributed by atoms with Crippen LogP contribution in [0.2, 0.25) is 0 Å². The topological polar surface area (TPSA) is 89.5 Å². The van der Waals surface area contributed by atoms with Crippen molar-refractivity contribution in [3.8, 4) is 0 Å². The first-order valence-corrected chi connectivity index (χ1v) is 10.1. The highest BCUT2D eigenvalue weighted by atomic mass is 16.6. The molecule has 0 unspecified atom stereocenters. The molecule has 28 heavy (non-hydrogen) atoms. The van der Waals surface area contributed by atoms with E-state index < -0.39 is 17.4 Å². The van der Waals surface area contributed by atoms with Crippen LogP contribution in [-0.2, 0) is 38.0 Å². The van der Waals surface area contributed by atoms with Crippen LogP contribution in [0.25, 0.3) is 0 Å². The molecule has 0 saturated heterocycles. The molecular weight excluding hydrogens is 368 g/mol. The predicted octanol–water partition coefficient (Wildman–Crippen LogP) is 2.38. The Balaban J connectivity index is 3.73. The highest BCUT2D eigenvalue weighted by molar-refractivity contribution is 5.82. The van der Waals surface area contributed by atoms with E-state index in [4.69, 9.17) is 28.4 Å². The summed E-state index contributed by atoms with van der Waals surface area (Å²) in [6, 6.07) is 0. The molecule has 0 N–H and O–H groups in total. The number of carbonyl (C=O) groups is 2. The summed E-state index contributed by atoms with van der Waals surface area (Å²) in [5, 5.41) is 0. The molecule has 0 aliphatic heterocycles. The maximum absolute atomic E-state index is 12.1. The van der Waals surface area contributed by atoms with Gasteiger partial charge in [-0.05, 0) is 26.7 Å². The summed E-state index contributed by atoms with van der Waals surface area (Å²) >= 11 is 0. The first-order valence-electron chi connectivity index (χ1n) is 10.1. The molecule has 0 radical (unpaired) electrons. The van der Waals surface area contributed by atoms with Crippen molar-refractivity contribution in [2.75, 3.05) is 66.1 Å². The first kappa shape index (κ1) is 26.8. The second-order valence-corrected chi connectivity index (χ2v) is 6.87. The van der Waals surface area contributed by atoms with Gasteiger partial charge in [0.15, 0.2) is 0 Å². The Bertz CT molecular complexity index is 398. The van der Waals surface area contributed by atoms with Crippen LogP contribution in [0.15, 0.2) is 0 Å². The lowest BCUT2D eigenvalue weighted by Gasteiger charge is -2.21. The van der Waals surface area contributed by atoms with E-state index in [1.54, 1.807) is 13.8 Å². The molecular formula is C20H38O8. The fourth-order valence-corrected chi connectivity index (χ4v) is 2.02. The maximum atomic E-state index is 12.1. The van der Waals surface area contributed by atoms with Crippen molar-refractivity contribution in [2.24, 2.45) is 5.41 Å². The van der Waals surface area contributed by atoms with Crippen molar-refractivity contribution in [1.82, 2.24) is 0 Å². The van der Waals surface area contributed by atoms with Crippen molar-refractivity contribution in [3.05, 3.63) is 0 Å². The van der Waals surface area contributed by atoms with Crippen molar-refractivity contribution >= 4 is 11.9 Å². The van der Waals surface area contributed by atoms with Gasteiger partial charge >= 0.3 is 11.9 Å². The van der Waals surface area contributed by atoms with Crippen LogP contribution >= 0.6 is 0 Å². The van der Waals surface area contributed by atoms with Gasteiger partial charge in [-0.3, -0.25) is 9.59 Å². The van der Waals surface area contributed by atoms with Gasteiger partial charge in [0.05, 0.1) is 51.5 Å². The zero-order chi connectivity index (χ0) is 21.1. The monoisotopic (exact) mass is 406 g/mol. The Morgan fingerprint density at radius 2 is 1.00 bits per heavy atom. The van der Waals surface area contributed by atoms with E-state index in [0.29, 0.717) is 52.9 Å². The molecule has 0 heterocycles. The molecule has 0 atom stereocenters. The standard InChI is InChI=1S/C20H38O8/c1-5-7-23-9-11-25-13-15-27-18(21)17-20(3,4)19(22)28-16-14-26-12-10-24-8-6-2/h5-17H2,1-4H3. The molecule has 0 fully saturated rings. The van der Waals surface area contributed by atoms with Crippen LogP contribution in [-0.4, -0.2) is 78.0 Å². The number of hydrogen-bond donors (Lipinski definition) is 0. The molecule has 0 amide bonds. The second kappa shape index (κ2) is 17.8. The van der Waals surface area contributed by atoms with Gasteiger partial charge < -0.3 is 28.4 Å². The fourth-order valence-electron chi connectivity index (χ4n) is 2.02. The van der Waals surface area contributed by atoms with E-state index in [2.05, 4.69) is 0 Å². The van der Waals surface area contributed by atoms with Gasteiger partial charge in [0.2, 0.25) is 0 Å². The van der Waals surface area contributed by atoms with E-state index in [0.717, 1.165) is 12.8 Å². The van der Waals surface area contributed by atoms with Gasteiger partial charge in [-0.25, -0.2) is 0 Å². The third-order valence-corrected chi connectivity index (χ3v) is 3.53. The summed E-state index contributed by atoms with van der Waals surface area (Å²) in [7, 11) is 0. The Morgan fingerprint density at radius 1 is 0.607 bits per heavy atom. The Hall–Kier alpha value is -1.22. The quantitative estimate of drug-likeness (QED) is 0.239. The number of hydrogen-bond acceptors (Lipinski definition) is 8. The van der Waals surface area contributed by atoms with Crippen molar-refractivity contribution in [3.63, 3.8) is 0 Å². The number of carbonyl (C=O) groups excluding carboxylic acids is 2. The van der Waals surface area contributed by atoms with Gasteiger partial charge in [-0.1, -0.05) is 13.8 Å². The minimum atomic E-state index is -0.962. The normalized spacial score (nSPS) is 11.4. The zero-order valence-electron chi connectivity index (χ0n) is 18.0. The van der Waals surface area contributed by atoms with Crippen molar-refractivity contribution in [1.29, 1.82) is 0 Å².